The molecular weight excluding hydrogens is 214 g/mol. The summed E-state index contributed by atoms with van der Waals surface area (Å²) in [5, 5.41) is 5.54. The standard InChI is InChI=1S/C13H19N3O/c1-14-13(17)15-12-7-8-16(10-12)9-11-5-3-2-4-6-11/h2-6,12H,7-10H2,1H3,(H2,14,15,17). The van der Waals surface area contributed by atoms with Crippen molar-refractivity contribution in [2.45, 2.75) is 19.0 Å². The Kier molecular flexibility index (Phi) is 3.98. The predicted octanol–water partition coefficient (Wildman–Crippen LogP) is 1.19. The summed E-state index contributed by atoms with van der Waals surface area (Å²) in [4.78, 5) is 13.6. The van der Waals surface area contributed by atoms with E-state index in [-0.39, 0.29) is 12.1 Å². The van der Waals surface area contributed by atoms with Gasteiger partial charge < -0.3 is 10.6 Å². The number of hydrogen-bond acceptors (Lipinski definition) is 2. The molecule has 1 aliphatic heterocycles. The molecule has 2 rings (SSSR count). The molecule has 0 aliphatic carbocycles. The summed E-state index contributed by atoms with van der Waals surface area (Å²) in [6, 6.07) is 10.6. The van der Waals surface area contributed by atoms with Crippen LogP contribution in [0.3, 0.4) is 0 Å². The summed E-state index contributed by atoms with van der Waals surface area (Å²) >= 11 is 0. The Bertz CT molecular complexity index is 366. The minimum absolute atomic E-state index is 0.0865. The molecule has 2 N–H and O–H groups in total. The van der Waals surface area contributed by atoms with Gasteiger partial charge in [0.1, 0.15) is 0 Å². The minimum atomic E-state index is -0.0865. The molecule has 1 aromatic rings. The zero-order chi connectivity index (χ0) is 12.1. The lowest BCUT2D eigenvalue weighted by Crippen LogP contribution is -2.41. The van der Waals surface area contributed by atoms with Crippen molar-refractivity contribution in [1.82, 2.24) is 15.5 Å². The van der Waals surface area contributed by atoms with Gasteiger partial charge in [0, 0.05) is 32.7 Å². The van der Waals surface area contributed by atoms with E-state index >= 15 is 0 Å². The largest absolute Gasteiger partial charge is 0.341 e. The number of nitrogens with one attached hydrogen (secondary N) is 2. The van der Waals surface area contributed by atoms with E-state index in [9.17, 15) is 4.79 Å². The molecule has 0 saturated carbocycles. The molecule has 0 radical (unpaired) electrons. The Morgan fingerprint density at radius 2 is 2.18 bits per heavy atom. The molecule has 1 aliphatic rings. The number of carbonyl (C=O) groups is 1. The van der Waals surface area contributed by atoms with Crippen molar-refractivity contribution in [3.05, 3.63) is 35.9 Å². The van der Waals surface area contributed by atoms with Gasteiger partial charge >= 0.3 is 6.03 Å². The number of amides is 2. The molecule has 1 saturated heterocycles. The van der Waals surface area contributed by atoms with Crippen molar-refractivity contribution in [3.63, 3.8) is 0 Å². The van der Waals surface area contributed by atoms with E-state index in [0.717, 1.165) is 26.1 Å². The quantitative estimate of drug-likeness (QED) is 0.823. The van der Waals surface area contributed by atoms with E-state index in [1.54, 1.807) is 7.05 Å². The average Bonchev–Trinajstić information content (AvgIpc) is 2.77. The maximum Gasteiger partial charge on any atom is 0.314 e. The van der Waals surface area contributed by atoms with Gasteiger partial charge in [-0.15, -0.1) is 0 Å². The lowest BCUT2D eigenvalue weighted by molar-refractivity contribution is 0.238. The van der Waals surface area contributed by atoms with Crippen LogP contribution in [-0.2, 0) is 6.54 Å². The highest BCUT2D eigenvalue weighted by Crippen LogP contribution is 2.13. The molecule has 17 heavy (non-hydrogen) atoms. The first-order chi connectivity index (χ1) is 8.28. The van der Waals surface area contributed by atoms with Gasteiger partial charge in [0.25, 0.3) is 0 Å². The SMILES string of the molecule is CNC(=O)NC1CCN(Cc2ccccc2)C1. The van der Waals surface area contributed by atoms with Crippen LogP contribution < -0.4 is 10.6 Å². The van der Waals surface area contributed by atoms with Crippen molar-refractivity contribution in [3.8, 4) is 0 Å². The fraction of sp³-hybridized carbons (Fsp3) is 0.462. The fourth-order valence-electron chi connectivity index (χ4n) is 2.19. The number of likely N-dealkylation sites (tertiary alicyclic amines) is 1. The van der Waals surface area contributed by atoms with E-state index in [0.29, 0.717) is 0 Å². The molecule has 1 atom stereocenters. The second-order valence-electron chi connectivity index (χ2n) is 4.43. The summed E-state index contributed by atoms with van der Waals surface area (Å²) in [6.45, 7) is 2.94. The summed E-state index contributed by atoms with van der Waals surface area (Å²) in [6.07, 6.45) is 1.03. The molecule has 1 unspecified atom stereocenters. The topological polar surface area (TPSA) is 44.4 Å². The molecule has 0 spiro atoms. The van der Waals surface area contributed by atoms with Crippen LogP contribution in [0.4, 0.5) is 4.79 Å². The molecule has 0 bridgehead atoms. The number of nitrogens with zero attached hydrogens (tertiary/aromatic N) is 1. The third kappa shape index (κ3) is 3.46. The van der Waals surface area contributed by atoms with Crippen LogP contribution >= 0.6 is 0 Å². The molecule has 92 valence electrons. The van der Waals surface area contributed by atoms with Crippen LogP contribution in [0.1, 0.15) is 12.0 Å². The van der Waals surface area contributed by atoms with Gasteiger partial charge in [0.15, 0.2) is 0 Å². The first-order valence-electron chi connectivity index (χ1n) is 6.02. The van der Waals surface area contributed by atoms with Crippen LogP contribution in [0.15, 0.2) is 30.3 Å². The van der Waals surface area contributed by atoms with Gasteiger partial charge in [-0.1, -0.05) is 30.3 Å². The van der Waals surface area contributed by atoms with Crippen molar-refractivity contribution in [2.24, 2.45) is 0 Å². The summed E-state index contributed by atoms with van der Waals surface area (Å²) in [7, 11) is 1.64. The van der Waals surface area contributed by atoms with E-state index in [4.69, 9.17) is 0 Å². The number of benzene rings is 1. The van der Waals surface area contributed by atoms with E-state index in [1.807, 2.05) is 6.07 Å². The Hall–Kier alpha value is -1.55. The lowest BCUT2D eigenvalue weighted by Gasteiger charge is -2.16. The Morgan fingerprint density at radius 3 is 2.88 bits per heavy atom. The second-order valence-corrected chi connectivity index (χ2v) is 4.43. The second kappa shape index (κ2) is 5.68. The monoisotopic (exact) mass is 233 g/mol. The highest BCUT2D eigenvalue weighted by Gasteiger charge is 2.23. The molecule has 4 heteroatoms. The van der Waals surface area contributed by atoms with Crippen molar-refractivity contribution >= 4 is 6.03 Å². The lowest BCUT2D eigenvalue weighted by atomic mass is 10.2. The molecule has 1 aromatic carbocycles. The van der Waals surface area contributed by atoms with E-state index in [1.165, 1.54) is 5.56 Å². The normalized spacial score (nSPS) is 20.2. The van der Waals surface area contributed by atoms with Crippen LogP contribution in [0.25, 0.3) is 0 Å². The number of carbonyl (C=O) groups excluding carboxylic acids is 1. The van der Waals surface area contributed by atoms with Crippen molar-refractivity contribution < 1.29 is 4.79 Å². The summed E-state index contributed by atoms with van der Waals surface area (Å²) in [5.41, 5.74) is 1.33. The summed E-state index contributed by atoms with van der Waals surface area (Å²) in [5.74, 6) is 0. The zero-order valence-electron chi connectivity index (χ0n) is 10.1. The highest BCUT2D eigenvalue weighted by atomic mass is 16.2. The zero-order valence-corrected chi connectivity index (χ0v) is 10.1. The number of hydrogen-bond donors (Lipinski definition) is 2. The van der Waals surface area contributed by atoms with Crippen molar-refractivity contribution in [1.29, 1.82) is 0 Å². The number of urea groups is 1. The average molecular weight is 233 g/mol. The third-order valence-electron chi connectivity index (χ3n) is 3.08. The van der Waals surface area contributed by atoms with Gasteiger partial charge in [0.05, 0.1) is 0 Å². The summed E-state index contributed by atoms with van der Waals surface area (Å²) < 4.78 is 0. The van der Waals surface area contributed by atoms with Gasteiger partial charge in [-0.25, -0.2) is 4.79 Å². The highest BCUT2D eigenvalue weighted by molar-refractivity contribution is 5.73. The van der Waals surface area contributed by atoms with Crippen LogP contribution in [0, 0.1) is 0 Å². The number of rotatable bonds is 3. The van der Waals surface area contributed by atoms with Gasteiger partial charge in [-0.2, -0.15) is 0 Å². The molecule has 4 nitrogen and oxygen atoms in total. The van der Waals surface area contributed by atoms with Gasteiger partial charge in [-0.05, 0) is 12.0 Å². The van der Waals surface area contributed by atoms with Crippen LogP contribution in [0.2, 0.25) is 0 Å². The molecule has 1 heterocycles. The minimum Gasteiger partial charge on any atom is -0.341 e. The Labute approximate surface area is 102 Å². The third-order valence-corrected chi connectivity index (χ3v) is 3.08. The maximum atomic E-state index is 11.2. The van der Waals surface area contributed by atoms with E-state index < -0.39 is 0 Å². The Balaban J connectivity index is 1.80. The van der Waals surface area contributed by atoms with Gasteiger partial charge in [-0.3, -0.25) is 4.90 Å². The first-order valence-corrected chi connectivity index (χ1v) is 6.02. The Morgan fingerprint density at radius 1 is 1.41 bits per heavy atom. The molecule has 0 aromatic heterocycles. The van der Waals surface area contributed by atoms with Crippen LogP contribution in [0.5, 0.6) is 0 Å². The fourth-order valence-corrected chi connectivity index (χ4v) is 2.19. The van der Waals surface area contributed by atoms with Crippen LogP contribution in [-0.4, -0.2) is 37.1 Å². The smallest absolute Gasteiger partial charge is 0.314 e. The predicted molar refractivity (Wildman–Crippen MR) is 67.7 cm³/mol. The maximum absolute atomic E-state index is 11.2. The first kappa shape index (κ1) is 11.9. The van der Waals surface area contributed by atoms with Crippen molar-refractivity contribution in [2.75, 3.05) is 20.1 Å². The molecular formula is C13H19N3O. The van der Waals surface area contributed by atoms with Gasteiger partial charge in [0.2, 0.25) is 0 Å². The molecule has 1 fully saturated rings. The molecule has 2 amide bonds. The van der Waals surface area contributed by atoms with E-state index in [2.05, 4.69) is 39.8 Å².